The van der Waals surface area contributed by atoms with Crippen LogP contribution in [-0.2, 0) is 19.5 Å². The van der Waals surface area contributed by atoms with Crippen molar-refractivity contribution in [2.45, 2.75) is 33.4 Å². The fraction of sp³-hybridized carbons (Fsp3) is 0.240. The lowest BCUT2D eigenvalue weighted by Crippen LogP contribution is -2.36. The summed E-state index contributed by atoms with van der Waals surface area (Å²) in [5, 5.41) is 0.623. The Labute approximate surface area is 184 Å². The molecule has 1 aliphatic rings. The molecule has 0 saturated carbocycles. The van der Waals surface area contributed by atoms with Gasteiger partial charge in [0.1, 0.15) is 11.4 Å². The normalized spacial score (nSPS) is 13.9. The number of aromatic amines is 1. The minimum atomic E-state index is -0.150. The second-order valence-electron chi connectivity index (χ2n) is 8.47. The molecule has 0 bridgehead atoms. The van der Waals surface area contributed by atoms with Gasteiger partial charge in [0, 0.05) is 42.9 Å². The molecule has 32 heavy (non-hydrogen) atoms. The first kappa shape index (κ1) is 20.2. The molecule has 0 unspecified atom stereocenters. The highest BCUT2D eigenvalue weighted by atomic mass is 16.3. The highest BCUT2D eigenvalue weighted by molar-refractivity contribution is 5.81. The van der Waals surface area contributed by atoms with E-state index in [-0.39, 0.29) is 11.0 Å². The quantitative estimate of drug-likeness (QED) is 0.485. The Kier molecular flexibility index (Phi) is 4.90. The number of fused-ring (bicyclic) bond motifs is 2. The van der Waals surface area contributed by atoms with E-state index in [1.807, 2.05) is 38.1 Å². The van der Waals surface area contributed by atoms with Gasteiger partial charge in [0.25, 0.3) is 5.56 Å². The third kappa shape index (κ3) is 3.61. The standard InChI is InChI=1S/C25H24N4O3/c1-14-9-15(2)22-21(10-14)32-13-17(23(22)30)11-29-8-7-20-19(12-29)25(31)28-24(27-20)16-3-5-18(26)6-4-16/h3-6,9-10,13H,7-8,11-12,26H2,1-2H3,(H,27,28,31). The third-order valence-electron chi connectivity index (χ3n) is 6.02. The summed E-state index contributed by atoms with van der Waals surface area (Å²) < 4.78 is 5.78. The van der Waals surface area contributed by atoms with E-state index in [0.29, 0.717) is 59.7 Å². The van der Waals surface area contributed by atoms with Crippen LogP contribution in [0, 0.1) is 13.8 Å². The highest BCUT2D eigenvalue weighted by Crippen LogP contribution is 2.22. The van der Waals surface area contributed by atoms with Crippen molar-refractivity contribution in [1.82, 2.24) is 14.9 Å². The van der Waals surface area contributed by atoms with Crippen LogP contribution in [0.15, 0.2) is 56.7 Å². The number of anilines is 1. The molecule has 0 aliphatic carbocycles. The van der Waals surface area contributed by atoms with Gasteiger partial charge in [-0.25, -0.2) is 4.98 Å². The summed E-state index contributed by atoms with van der Waals surface area (Å²) in [4.78, 5) is 35.6. The van der Waals surface area contributed by atoms with Gasteiger partial charge in [0.15, 0.2) is 5.43 Å². The van der Waals surface area contributed by atoms with E-state index in [1.165, 1.54) is 0 Å². The Morgan fingerprint density at radius 3 is 2.72 bits per heavy atom. The van der Waals surface area contributed by atoms with Gasteiger partial charge < -0.3 is 15.1 Å². The molecule has 7 heteroatoms. The zero-order valence-electron chi connectivity index (χ0n) is 18.1. The van der Waals surface area contributed by atoms with Crippen LogP contribution in [0.4, 0.5) is 5.69 Å². The summed E-state index contributed by atoms with van der Waals surface area (Å²) in [6.07, 6.45) is 2.18. The lowest BCUT2D eigenvalue weighted by Gasteiger charge is -2.27. The van der Waals surface area contributed by atoms with Gasteiger partial charge in [-0.2, -0.15) is 0 Å². The fourth-order valence-corrected chi connectivity index (χ4v) is 4.40. The predicted octanol–water partition coefficient (Wildman–Crippen LogP) is 3.30. The number of benzene rings is 2. The summed E-state index contributed by atoms with van der Waals surface area (Å²) in [7, 11) is 0. The number of nitrogen functional groups attached to an aromatic ring is 1. The summed E-state index contributed by atoms with van der Waals surface area (Å²) >= 11 is 0. The SMILES string of the molecule is Cc1cc(C)c2c(=O)c(CN3CCc4nc(-c5ccc(N)cc5)[nH]c(=O)c4C3)coc2c1. The van der Waals surface area contributed by atoms with E-state index >= 15 is 0 Å². The van der Waals surface area contributed by atoms with Gasteiger partial charge in [-0.1, -0.05) is 6.07 Å². The Hall–Kier alpha value is -3.71. The smallest absolute Gasteiger partial charge is 0.255 e. The maximum Gasteiger partial charge on any atom is 0.255 e. The van der Waals surface area contributed by atoms with Crippen LogP contribution in [-0.4, -0.2) is 21.4 Å². The number of hydrogen-bond acceptors (Lipinski definition) is 6. The van der Waals surface area contributed by atoms with Crippen LogP contribution in [0.5, 0.6) is 0 Å². The number of aromatic nitrogens is 2. The van der Waals surface area contributed by atoms with Gasteiger partial charge in [0.2, 0.25) is 0 Å². The summed E-state index contributed by atoms with van der Waals surface area (Å²) in [5.41, 5.74) is 11.7. The number of aryl methyl sites for hydroxylation is 2. The van der Waals surface area contributed by atoms with Crippen LogP contribution < -0.4 is 16.7 Å². The molecule has 0 radical (unpaired) electrons. The van der Waals surface area contributed by atoms with Crippen molar-refractivity contribution in [2.75, 3.05) is 12.3 Å². The topological polar surface area (TPSA) is 105 Å². The third-order valence-corrected chi connectivity index (χ3v) is 6.02. The summed E-state index contributed by atoms with van der Waals surface area (Å²) in [6.45, 7) is 5.47. The largest absolute Gasteiger partial charge is 0.464 e. The molecule has 0 saturated heterocycles. The van der Waals surface area contributed by atoms with Crippen LogP contribution in [0.3, 0.4) is 0 Å². The average molecular weight is 428 g/mol. The van der Waals surface area contributed by atoms with Gasteiger partial charge in [-0.3, -0.25) is 14.5 Å². The van der Waals surface area contributed by atoms with E-state index < -0.39 is 0 Å². The second kappa shape index (κ2) is 7.76. The Morgan fingerprint density at radius 1 is 1.16 bits per heavy atom. The zero-order valence-corrected chi connectivity index (χ0v) is 18.1. The first-order chi connectivity index (χ1) is 15.4. The molecule has 0 fully saturated rings. The van der Waals surface area contributed by atoms with Crippen LogP contribution in [0.25, 0.3) is 22.4 Å². The van der Waals surface area contributed by atoms with Gasteiger partial charge in [-0.15, -0.1) is 0 Å². The Morgan fingerprint density at radius 2 is 1.94 bits per heavy atom. The molecule has 162 valence electrons. The number of hydrogen-bond donors (Lipinski definition) is 2. The van der Waals surface area contributed by atoms with Crippen molar-refractivity contribution in [2.24, 2.45) is 0 Å². The van der Waals surface area contributed by atoms with Crippen LogP contribution in [0.1, 0.15) is 27.9 Å². The maximum atomic E-state index is 13.1. The minimum absolute atomic E-state index is 0.0136. The van der Waals surface area contributed by atoms with E-state index in [1.54, 1.807) is 18.4 Å². The van der Waals surface area contributed by atoms with Crippen molar-refractivity contribution >= 4 is 16.7 Å². The molecule has 0 atom stereocenters. The van der Waals surface area contributed by atoms with Crippen LogP contribution in [0.2, 0.25) is 0 Å². The number of H-pyrrole nitrogens is 1. The Bertz CT molecular complexity index is 1450. The lowest BCUT2D eigenvalue weighted by atomic mass is 10.0. The highest BCUT2D eigenvalue weighted by Gasteiger charge is 2.23. The van der Waals surface area contributed by atoms with Crippen molar-refractivity contribution in [3.63, 3.8) is 0 Å². The van der Waals surface area contributed by atoms with Gasteiger partial charge in [0.05, 0.1) is 22.9 Å². The maximum absolute atomic E-state index is 13.1. The molecule has 4 aromatic rings. The number of rotatable bonds is 3. The van der Waals surface area contributed by atoms with Crippen molar-refractivity contribution in [1.29, 1.82) is 0 Å². The Balaban J connectivity index is 1.43. The van der Waals surface area contributed by atoms with Crippen molar-refractivity contribution in [3.8, 4) is 11.4 Å². The van der Waals surface area contributed by atoms with Crippen molar-refractivity contribution in [3.05, 3.63) is 91.2 Å². The molecule has 2 aromatic heterocycles. The molecule has 5 rings (SSSR count). The zero-order chi connectivity index (χ0) is 22.4. The van der Waals surface area contributed by atoms with Gasteiger partial charge in [-0.05, 0) is 55.3 Å². The number of nitrogens with two attached hydrogens (primary N) is 1. The first-order valence-electron chi connectivity index (χ1n) is 10.6. The predicted molar refractivity (Wildman–Crippen MR) is 124 cm³/mol. The molecule has 3 N–H and O–H groups in total. The fourth-order valence-electron chi connectivity index (χ4n) is 4.40. The minimum Gasteiger partial charge on any atom is -0.464 e. The molecule has 0 amide bonds. The molecule has 1 aliphatic heterocycles. The molecule has 3 heterocycles. The average Bonchev–Trinajstić information content (AvgIpc) is 2.76. The number of nitrogens with one attached hydrogen (secondary N) is 1. The lowest BCUT2D eigenvalue weighted by molar-refractivity contribution is 0.239. The molecule has 7 nitrogen and oxygen atoms in total. The van der Waals surface area contributed by atoms with E-state index in [9.17, 15) is 9.59 Å². The van der Waals surface area contributed by atoms with E-state index in [2.05, 4.69) is 9.88 Å². The van der Waals surface area contributed by atoms with Gasteiger partial charge >= 0.3 is 0 Å². The summed E-state index contributed by atoms with van der Waals surface area (Å²) in [5.74, 6) is 0.545. The summed E-state index contributed by atoms with van der Waals surface area (Å²) in [6, 6.07) is 11.1. The molecular formula is C25H24N4O3. The first-order valence-corrected chi connectivity index (χ1v) is 10.6. The van der Waals surface area contributed by atoms with E-state index in [4.69, 9.17) is 15.1 Å². The van der Waals surface area contributed by atoms with Crippen molar-refractivity contribution < 1.29 is 4.42 Å². The molecule has 2 aromatic carbocycles. The molecule has 0 spiro atoms. The molecular weight excluding hydrogens is 404 g/mol. The van der Waals surface area contributed by atoms with E-state index in [0.717, 1.165) is 22.4 Å². The monoisotopic (exact) mass is 428 g/mol. The van der Waals surface area contributed by atoms with Crippen LogP contribution >= 0.6 is 0 Å². The number of nitrogens with zero attached hydrogens (tertiary/aromatic N) is 2. The second-order valence-corrected chi connectivity index (χ2v) is 8.47.